The molecule has 2 aliphatic heterocycles. The smallest absolute Gasteiger partial charge is 0.410 e. The Bertz CT molecular complexity index is 764. The molecule has 164 valence electrons. The second-order valence-electron chi connectivity index (χ2n) is 9.28. The normalized spacial score (nSPS) is 20.8. The van der Waals surface area contributed by atoms with Crippen LogP contribution in [0.4, 0.5) is 10.5 Å². The summed E-state index contributed by atoms with van der Waals surface area (Å²) in [6.45, 7) is 10.8. The Morgan fingerprint density at radius 1 is 1.03 bits per heavy atom. The molecule has 2 aliphatic rings. The van der Waals surface area contributed by atoms with Crippen molar-refractivity contribution in [3.05, 3.63) is 29.8 Å². The molecule has 0 spiro atoms. The SMILES string of the molecule is C[C@H]1CN(C(=O)C2CCN(c3ccc(C=O)cc3)CC2)CCN1C(=O)OC(C)(C)C. The van der Waals surface area contributed by atoms with Gasteiger partial charge in [-0.3, -0.25) is 9.59 Å². The molecule has 0 bridgehead atoms. The average molecular weight is 416 g/mol. The minimum atomic E-state index is -0.523. The molecule has 7 heteroatoms. The minimum absolute atomic E-state index is 0.0239. The molecule has 1 atom stereocenters. The van der Waals surface area contributed by atoms with Crippen LogP contribution in [0.2, 0.25) is 0 Å². The van der Waals surface area contributed by atoms with Crippen molar-refractivity contribution in [3.63, 3.8) is 0 Å². The Kier molecular flexibility index (Phi) is 6.68. The highest BCUT2D eigenvalue weighted by Crippen LogP contribution is 2.26. The number of nitrogens with zero attached hydrogens (tertiary/aromatic N) is 3. The Morgan fingerprint density at radius 3 is 2.20 bits per heavy atom. The third-order valence-electron chi connectivity index (χ3n) is 5.81. The molecule has 0 aromatic heterocycles. The summed E-state index contributed by atoms with van der Waals surface area (Å²) in [5.41, 5.74) is 1.24. The number of hydrogen-bond acceptors (Lipinski definition) is 5. The summed E-state index contributed by atoms with van der Waals surface area (Å²) >= 11 is 0. The van der Waals surface area contributed by atoms with Crippen molar-refractivity contribution < 1.29 is 19.1 Å². The molecule has 1 aromatic carbocycles. The fourth-order valence-corrected chi connectivity index (χ4v) is 4.16. The molecule has 0 unspecified atom stereocenters. The summed E-state index contributed by atoms with van der Waals surface area (Å²) in [6, 6.07) is 7.51. The van der Waals surface area contributed by atoms with Crippen molar-refractivity contribution in [3.8, 4) is 0 Å². The fourth-order valence-electron chi connectivity index (χ4n) is 4.16. The molecule has 2 fully saturated rings. The number of piperidine rings is 1. The first-order chi connectivity index (χ1) is 14.2. The van der Waals surface area contributed by atoms with Crippen LogP contribution in [0.15, 0.2) is 24.3 Å². The van der Waals surface area contributed by atoms with E-state index in [9.17, 15) is 14.4 Å². The number of anilines is 1. The van der Waals surface area contributed by atoms with E-state index in [4.69, 9.17) is 4.74 Å². The van der Waals surface area contributed by atoms with E-state index in [0.29, 0.717) is 25.2 Å². The highest BCUT2D eigenvalue weighted by Gasteiger charge is 2.35. The molecule has 0 N–H and O–H groups in total. The van der Waals surface area contributed by atoms with E-state index in [1.165, 1.54) is 0 Å². The van der Waals surface area contributed by atoms with Gasteiger partial charge in [0.15, 0.2) is 0 Å². The quantitative estimate of drug-likeness (QED) is 0.709. The van der Waals surface area contributed by atoms with Crippen LogP contribution in [0.1, 0.15) is 50.9 Å². The van der Waals surface area contributed by atoms with Gasteiger partial charge in [0.25, 0.3) is 0 Å². The van der Waals surface area contributed by atoms with Gasteiger partial charge in [0.2, 0.25) is 5.91 Å². The summed E-state index contributed by atoms with van der Waals surface area (Å²) in [5.74, 6) is 0.220. The maximum Gasteiger partial charge on any atom is 0.410 e. The lowest BCUT2D eigenvalue weighted by molar-refractivity contribution is -0.139. The first kappa shape index (κ1) is 22.1. The lowest BCUT2D eigenvalue weighted by Gasteiger charge is -2.42. The Balaban J connectivity index is 1.51. The molecule has 2 saturated heterocycles. The van der Waals surface area contributed by atoms with Gasteiger partial charge in [-0.1, -0.05) is 0 Å². The Labute approximate surface area is 179 Å². The van der Waals surface area contributed by atoms with Crippen molar-refractivity contribution in [2.45, 2.75) is 52.2 Å². The Hall–Kier alpha value is -2.57. The van der Waals surface area contributed by atoms with E-state index >= 15 is 0 Å². The van der Waals surface area contributed by atoms with Crippen molar-refractivity contribution in [2.75, 3.05) is 37.6 Å². The molecule has 0 radical (unpaired) electrons. The first-order valence-corrected chi connectivity index (χ1v) is 10.8. The standard InChI is InChI=1S/C23H33N3O4/c1-17-15-25(13-14-26(17)22(29)30-23(2,3)4)21(28)19-9-11-24(12-10-19)20-7-5-18(16-27)6-8-20/h5-8,16-17,19H,9-15H2,1-4H3/t17-/m0/s1. The van der Waals surface area contributed by atoms with Crippen LogP contribution in [0.25, 0.3) is 0 Å². The maximum absolute atomic E-state index is 13.1. The maximum atomic E-state index is 13.1. The number of carbonyl (C=O) groups excluding carboxylic acids is 3. The van der Waals surface area contributed by atoms with Crippen molar-refractivity contribution in [2.24, 2.45) is 5.92 Å². The molecule has 3 rings (SSSR count). The van der Waals surface area contributed by atoms with Gasteiger partial charge in [0.05, 0.1) is 0 Å². The Morgan fingerprint density at radius 2 is 1.67 bits per heavy atom. The average Bonchev–Trinajstić information content (AvgIpc) is 2.72. The number of aldehydes is 1. The number of ether oxygens (including phenoxy) is 1. The fraction of sp³-hybridized carbons (Fsp3) is 0.609. The van der Waals surface area contributed by atoms with Crippen LogP contribution in [-0.4, -0.2) is 72.5 Å². The third kappa shape index (κ3) is 5.32. The van der Waals surface area contributed by atoms with Crippen LogP contribution in [-0.2, 0) is 9.53 Å². The second kappa shape index (κ2) is 9.06. The second-order valence-corrected chi connectivity index (χ2v) is 9.28. The molecule has 7 nitrogen and oxygen atoms in total. The van der Waals surface area contributed by atoms with E-state index in [1.54, 1.807) is 4.90 Å². The number of hydrogen-bond donors (Lipinski definition) is 0. The summed E-state index contributed by atoms with van der Waals surface area (Å²) < 4.78 is 5.49. The van der Waals surface area contributed by atoms with Gasteiger partial charge in [-0.2, -0.15) is 0 Å². The topological polar surface area (TPSA) is 70.2 Å². The predicted molar refractivity (Wildman–Crippen MR) is 116 cm³/mol. The lowest BCUT2D eigenvalue weighted by Crippen LogP contribution is -2.57. The van der Waals surface area contributed by atoms with Crippen molar-refractivity contribution >= 4 is 24.0 Å². The van der Waals surface area contributed by atoms with E-state index in [-0.39, 0.29) is 24.0 Å². The number of carbonyl (C=O) groups is 3. The first-order valence-electron chi connectivity index (χ1n) is 10.8. The molecule has 30 heavy (non-hydrogen) atoms. The zero-order valence-corrected chi connectivity index (χ0v) is 18.5. The highest BCUT2D eigenvalue weighted by atomic mass is 16.6. The molecule has 0 aliphatic carbocycles. The van der Waals surface area contributed by atoms with E-state index in [2.05, 4.69) is 4.90 Å². The van der Waals surface area contributed by atoms with Crippen LogP contribution in [0.5, 0.6) is 0 Å². The molecule has 2 amide bonds. The zero-order chi connectivity index (χ0) is 21.9. The largest absolute Gasteiger partial charge is 0.444 e. The van der Waals surface area contributed by atoms with Gasteiger partial charge in [-0.25, -0.2) is 4.79 Å². The minimum Gasteiger partial charge on any atom is -0.444 e. The van der Waals surface area contributed by atoms with Crippen molar-refractivity contribution in [1.82, 2.24) is 9.80 Å². The molecule has 1 aromatic rings. The third-order valence-corrected chi connectivity index (χ3v) is 5.81. The van der Waals surface area contributed by atoms with E-state index < -0.39 is 5.60 Å². The highest BCUT2D eigenvalue weighted by molar-refractivity contribution is 5.80. The number of rotatable bonds is 3. The summed E-state index contributed by atoms with van der Waals surface area (Å²) in [6.07, 6.45) is 2.17. The van der Waals surface area contributed by atoms with Gasteiger partial charge < -0.3 is 19.4 Å². The monoisotopic (exact) mass is 415 g/mol. The van der Waals surface area contributed by atoms with Gasteiger partial charge in [-0.05, 0) is 64.8 Å². The van der Waals surface area contributed by atoms with E-state index in [0.717, 1.165) is 37.9 Å². The molecule has 0 saturated carbocycles. The molecule has 2 heterocycles. The zero-order valence-electron chi connectivity index (χ0n) is 18.5. The van der Waals surface area contributed by atoms with Gasteiger partial charge in [0.1, 0.15) is 11.9 Å². The van der Waals surface area contributed by atoms with E-state index in [1.807, 2.05) is 56.9 Å². The van der Waals surface area contributed by atoms with Gasteiger partial charge in [-0.15, -0.1) is 0 Å². The number of piperazine rings is 1. The molecular formula is C23H33N3O4. The number of benzene rings is 1. The summed E-state index contributed by atoms with van der Waals surface area (Å²) in [4.78, 5) is 42.2. The van der Waals surface area contributed by atoms with Crippen LogP contribution < -0.4 is 4.90 Å². The van der Waals surface area contributed by atoms with Gasteiger partial charge in [0, 0.05) is 55.9 Å². The number of amides is 2. The lowest BCUT2D eigenvalue weighted by atomic mass is 9.94. The summed E-state index contributed by atoms with van der Waals surface area (Å²) in [5, 5.41) is 0. The predicted octanol–water partition coefficient (Wildman–Crippen LogP) is 3.18. The molecular weight excluding hydrogens is 382 g/mol. The van der Waals surface area contributed by atoms with Crippen molar-refractivity contribution in [1.29, 1.82) is 0 Å². The van der Waals surface area contributed by atoms with Crippen LogP contribution in [0.3, 0.4) is 0 Å². The van der Waals surface area contributed by atoms with Crippen LogP contribution in [0, 0.1) is 5.92 Å². The van der Waals surface area contributed by atoms with Crippen LogP contribution >= 0.6 is 0 Å². The van der Waals surface area contributed by atoms with Gasteiger partial charge >= 0.3 is 6.09 Å². The summed E-state index contributed by atoms with van der Waals surface area (Å²) in [7, 11) is 0.